The highest BCUT2D eigenvalue weighted by Crippen LogP contribution is 2.15. The first-order valence-electron chi connectivity index (χ1n) is 7.27. The van der Waals surface area contributed by atoms with Crippen LogP contribution in [0.15, 0.2) is 18.3 Å². The quantitative estimate of drug-likeness (QED) is 0.860. The van der Waals surface area contributed by atoms with Gasteiger partial charge in [0, 0.05) is 18.8 Å². The molecule has 0 aliphatic carbocycles. The number of amides is 1. The minimum absolute atomic E-state index is 0.118. The smallest absolute Gasteiger partial charge is 0.256 e. The van der Waals surface area contributed by atoms with Crippen LogP contribution in [0.5, 0.6) is 5.88 Å². The summed E-state index contributed by atoms with van der Waals surface area (Å²) in [5.41, 5.74) is 0.492. The summed E-state index contributed by atoms with van der Waals surface area (Å²) in [7, 11) is 1.53. The molecule has 2 rings (SSSR count). The second kappa shape index (κ2) is 7.24. The van der Waals surface area contributed by atoms with Crippen molar-refractivity contribution in [2.75, 3.05) is 26.7 Å². The predicted molar refractivity (Wildman–Crippen MR) is 78.0 cm³/mol. The van der Waals surface area contributed by atoms with Crippen molar-refractivity contribution in [2.45, 2.75) is 32.2 Å². The second-order valence-corrected chi connectivity index (χ2v) is 5.08. The summed E-state index contributed by atoms with van der Waals surface area (Å²) >= 11 is 0. The number of hydrogen-bond acceptors (Lipinski definition) is 4. The Morgan fingerprint density at radius 3 is 2.90 bits per heavy atom. The zero-order valence-corrected chi connectivity index (χ0v) is 12.3. The van der Waals surface area contributed by atoms with Gasteiger partial charge in [-0.15, -0.1) is 0 Å². The van der Waals surface area contributed by atoms with Crippen LogP contribution in [0.25, 0.3) is 0 Å². The van der Waals surface area contributed by atoms with Gasteiger partial charge in [0.1, 0.15) is 5.56 Å². The van der Waals surface area contributed by atoms with Gasteiger partial charge in [0.15, 0.2) is 0 Å². The predicted octanol–water partition coefficient (Wildman–Crippen LogP) is 1.69. The van der Waals surface area contributed by atoms with Crippen LogP contribution in [0.3, 0.4) is 0 Å². The van der Waals surface area contributed by atoms with Crippen LogP contribution in [0, 0.1) is 0 Å². The lowest BCUT2D eigenvalue weighted by Crippen LogP contribution is -2.42. The van der Waals surface area contributed by atoms with Crippen molar-refractivity contribution < 1.29 is 9.53 Å². The molecule has 1 aromatic rings. The van der Waals surface area contributed by atoms with E-state index in [4.69, 9.17) is 4.74 Å². The lowest BCUT2D eigenvalue weighted by atomic mass is 10.2. The van der Waals surface area contributed by atoms with E-state index in [1.807, 2.05) is 0 Å². The van der Waals surface area contributed by atoms with Crippen LogP contribution < -0.4 is 10.1 Å². The fourth-order valence-corrected chi connectivity index (χ4v) is 2.67. The first-order valence-corrected chi connectivity index (χ1v) is 7.27. The molecule has 0 spiro atoms. The number of methoxy groups -OCH3 is 1. The van der Waals surface area contributed by atoms with Gasteiger partial charge in [-0.25, -0.2) is 4.98 Å². The molecule has 0 aromatic carbocycles. The molecular weight excluding hydrogens is 254 g/mol. The number of pyridine rings is 1. The highest BCUT2D eigenvalue weighted by atomic mass is 16.5. The number of hydrogen-bond donors (Lipinski definition) is 1. The van der Waals surface area contributed by atoms with Crippen molar-refractivity contribution in [2.24, 2.45) is 0 Å². The van der Waals surface area contributed by atoms with Gasteiger partial charge in [-0.05, 0) is 44.5 Å². The normalized spacial score (nSPS) is 16.9. The summed E-state index contributed by atoms with van der Waals surface area (Å²) in [4.78, 5) is 18.7. The van der Waals surface area contributed by atoms with E-state index in [9.17, 15) is 4.79 Å². The molecule has 1 saturated heterocycles. The number of nitrogens with zero attached hydrogens (tertiary/aromatic N) is 2. The summed E-state index contributed by atoms with van der Waals surface area (Å²) < 4.78 is 5.12. The number of nitrogens with one attached hydrogen (secondary N) is 1. The molecule has 2 heterocycles. The molecule has 1 atom stereocenters. The average molecular weight is 277 g/mol. The van der Waals surface area contributed by atoms with Gasteiger partial charge in [0.2, 0.25) is 5.88 Å². The molecule has 20 heavy (non-hydrogen) atoms. The Morgan fingerprint density at radius 1 is 1.50 bits per heavy atom. The monoisotopic (exact) mass is 277 g/mol. The molecule has 1 N–H and O–H groups in total. The summed E-state index contributed by atoms with van der Waals surface area (Å²) in [5.74, 6) is 0.256. The van der Waals surface area contributed by atoms with E-state index in [0.717, 1.165) is 19.5 Å². The number of aromatic nitrogens is 1. The summed E-state index contributed by atoms with van der Waals surface area (Å²) in [6.45, 7) is 5.13. The molecule has 5 heteroatoms. The molecule has 1 aromatic heterocycles. The van der Waals surface area contributed by atoms with Crippen molar-refractivity contribution in [3.8, 4) is 5.88 Å². The number of carbonyl (C=O) groups is 1. The Morgan fingerprint density at radius 2 is 2.25 bits per heavy atom. The van der Waals surface area contributed by atoms with E-state index in [0.29, 0.717) is 24.0 Å². The number of ether oxygens (including phenoxy) is 1. The van der Waals surface area contributed by atoms with Crippen LogP contribution in [-0.2, 0) is 0 Å². The number of likely N-dealkylation sites (tertiary alicyclic amines) is 1. The zero-order valence-electron chi connectivity index (χ0n) is 12.3. The molecule has 0 saturated carbocycles. The van der Waals surface area contributed by atoms with Gasteiger partial charge in [-0.1, -0.05) is 6.92 Å². The highest BCUT2D eigenvalue weighted by molar-refractivity contribution is 5.96. The molecule has 1 fully saturated rings. The third-order valence-electron chi connectivity index (χ3n) is 3.84. The van der Waals surface area contributed by atoms with Crippen molar-refractivity contribution >= 4 is 5.91 Å². The maximum atomic E-state index is 12.2. The van der Waals surface area contributed by atoms with E-state index >= 15 is 0 Å². The van der Waals surface area contributed by atoms with E-state index in [1.165, 1.54) is 20.0 Å². The van der Waals surface area contributed by atoms with E-state index < -0.39 is 0 Å². The maximum Gasteiger partial charge on any atom is 0.256 e. The SMILES string of the molecule is CCC(CNC(=O)c1cccnc1OC)N1CCCC1. The second-order valence-electron chi connectivity index (χ2n) is 5.08. The molecule has 1 amide bonds. The molecule has 110 valence electrons. The molecule has 0 radical (unpaired) electrons. The zero-order chi connectivity index (χ0) is 14.4. The number of carbonyl (C=O) groups excluding carboxylic acids is 1. The van der Waals surface area contributed by atoms with E-state index in [2.05, 4.69) is 22.1 Å². The molecular formula is C15H23N3O2. The third kappa shape index (κ3) is 3.48. The first-order chi connectivity index (χ1) is 9.76. The van der Waals surface area contributed by atoms with Crippen LogP contribution in [0.2, 0.25) is 0 Å². The van der Waals surface area contributed by atoms with Crippen LogP contribution >= 0.6 is 0 Å². The van der Waals surface area contributed by atoms with Gasteiger partial charge < -0.3 is 10.1 Å². The topological polar surface area (TPSA) is 54.5 Å². The lowest BCUT2D eigenvalue weighted by molar-refractivity contribution is 0.0933. The van der Waals surface area contributed by atoms with E-state index in [-0.39, 0.29) is 5.91 Å². The Labute approximate surface area is 120 Å². The van der Waals surface area contributed by atoms with Crippen LogP contribution in [-0.4, -0.2) is 48.6 Å². The standard InChI is InChI=1S/C15H23N3O2/c1-3-12(18-9-4-5-10-18)11-17-14(19)13-7-6-8-16-15(13)20-2/h6-8,12H,3-5,9-11H2,1-2H3,(H,17,19). The Balaban J connectivity index is 1.93. The molecule has 1 aliphatic heterocycles. The highest BCUT2D eigenvalue weighted by Gasteiger charge is 2.21. The third-order valence-corrected chi connectivity index (χ3v) is 3.84. The van der Waals surface area contributed by atoms with Gasteiger partial charge in [0.25, 0.3) is 5.91 Å². The molecule has 0 bridgehead atoms. The summed E-state index contributed by atoms with van der Waals surface area (Å²) in [5, 5.41) is 3.00. The fraction of sp³-hybridized carbons (Fsp3) is 0.600. The van der Waals surface area contributed by atoms with Gasteiger partial charge in [-0.3, -0.25) is 9.69 Å². The minimum Gasteiger partial charge on any atom is -0.480 e. The Bertz CT molecular complexity index is 444. The fourth-order valence-electron chi connectivity index (χ4n) is 2.67. The lowest BCUT2D eigenvalue weighted by Gasteiger charge is -2.26. The summed E-state index contributed by atoms with van der Waals surface area (Å²) in [6.07, 6.45) is 5.20. The van der Waals surface area contributed by atoms with Crippen molar-refractivity contribution in [3.05, 3.63) is 23.9 Å². The Kier molecular flexibility index (Phi) is 5.35. The largest absolute Gasteiger partial charge is 0.480 e. The van der Waals surface area contributed by atoms with Gasteiger partial charge >= 0.3 is 0 Å². The summed E-state index contributed by atoms with van der Waals surface area (Å²) in [6, 6.07) is 3.90. The van der Waals surface area contributed by atoms with Gasteiger partial charge in [-0.2, -0.15) is 0 Å². The van der Waals surface area contributed by atoms with E-state index in [1.54, 1.807) is 18.3 Å². The van der Waals surface area contributed by atoms with Crippen molar-refractivity contribution in [1.82, 2.24) is 15.2 Å². The first kappa shape index (κ1) is 14.8. The molecule has 1 unspecified atom stereocenters. The van der Waals surface area contributed by atoms with Crippen molar-refractivity contribution in [1.29, 1.82) is 0 Å². The van der Waals surface area contributed by atoms with Crippen molar-refractivity contribution in [3.63, 3.8) is 0 Å². The van der Waals surface area contributed by atoms with Crippen LogP contribution in [0.1, 0.15) is 36.5 Å². The van der Waals surface area contributed by atoms with Gasteiger partial charge in [0.05, 0.1) is 7.11 Å². The molecule has 5 nitrogen and oxygen atoms in total. The average Bonchev–Trinajstić information content (AvgIpc) is 3.02. The molecule has 1 aliphatic rings. The Hall–Kier alpha value is -1.62. The minimum atomic E-state index is -0.118. The van der Waals surface area contributed by atoms with Crippen LogP contribution in [0.4, 0.5) is 0 Å². The number of rotatable bonds is 6. The maximum absolute atomic E-state index is 12.2.